The Morgan fingerprint density at radius 3 is 2.87 bits per heavy atom. The van der Waals surface area contributed by atoms with Gasteiger partial charge < -0.3 is 15.2 Å². The zero-order valence-electron chi connectivity index (χ0n) is 7.57. The van der Waals surface area contributed by atoms with Crippen molar-refractivity contribution in [3.05, 3.63) is 46.9 Å². The Bertz CT molecular complexity index is 507. The van der Waals surface area contributed by atoms with E-state index in [1.807, 2.05) is 0 Å². The van der Waals surface area contributed by atoms with Crippen molar-refractivity contribution in [3.63, 3.8) is 0 Å². The number of nitrogens with zero attached hydrogens (tertiary/aromatic N) is 3. The molecule has 2 rings (SSSR count). The van der Waals surface area contributed by atoms with Gasteiger partial charge in [-0.2, -0.15) is 0 Å². The summed E-state index contributed by atoms with van der Waals surface area (Å²) in [5.74, 6) is -0.123. The first-order chi connectivity index (χ1) is 7.16. The molecule has 0 aliphatic carbocycles. The quantitative estimate of drug-likeness (QED) is 0.594. The van der Waals surface area contributed by atoms with Crippen molar-refractivity contribution in [2.75, 3.05) is 0 Å². The molecular formula is C9H7N3O3. The fraction of sp³-hybridized carbons (Fsp3) is 0. The molecule has 1 heterocycles. The van der Waals surface area contributed by atoms with Crippen LogP contribution in [0, 0.1) is 10.1 Å². The summed E-state index contributed by atoms with van der Waals surface area (Å²) in [6.07, 6.45) is 2.61. The second-order valence-corrected chi connectivity index (χ2v) is 2.92. The molecule has 6 heteroatoms. The first kappa shape index (κ1) is 9.20. The van der Waals surface area contributed by atoms with Crippen LogP contribution in [-0.2, 0) is 0 Å². The number of hydrogen-bond acceptors (Lipinski definition) is 4. The van der Waals surface area contributed by atoms with Crippen molar-refractivity contribution in [2.45, 2.75) is 0 Å². The van der Waals surface area contributed by atoms with Gasteiger partial charge in [0.1, 0.15) is 11.9 Å². The molecule has 0 aliphatic heterocycles. The number of phenols is 1. The first-order valence-corrected chi connectivity index (χ1v) is 4.14. The topological polar surface area (TPSA) is 81.2 Å². The van der Waals surface area contributed by atoms with E-state index in [0.29, 0.717) is 5.69 Å². The molecule has 76 valence electrons. The Labute approximate surface area is 84.6 Å². The molecule has 0 radical (unpaired) electrons. The molecule has 1 aromatic heterocycles. The fourth-order valence-electron chi connectivity index (χ4n) is 1.20. The summed E-state index contributed by atoms with van der Waals surface area (Å²) in [7, 11) is 0. The maximum absolute atomic E-state index is 10.4. The second kappa shape index (κ2) is 3.41. The van der Waals surface area contributed by atoms with Crippen molar-refractivity contribution in [3.8, 4) is 11.4 Å². The SMILES string of the molecule is O=[N+]([O-])c1cn(-c2cccc(O)c2)cn1. The minimum atomic E-state index is -0.570. The molecule has 0 amide bonds. The predicted octanol–water partition coefficient (Wildman–Crippen LogP) is 1.49. The Morgan fingerprint density at radius 2 is 2.27 bits per heavy atom. The highest BCUT2D eigenvalue weighted by Gasteiger charge is 2.10. The number of rotatable bonds is 2. The number of phenolic OH excluding ortho intramolecular Hbond substituents is 1. The van der Waals surface area contributed by atoms with Crippen LogP contribution >= 0.6 is 0 Å². The van der Waals surface area contributed by atoms with Crippen LogP contribution in [0.3, 0.4) is 0 Å². The monoisotopic (exact) mass is 205 g/mol. The van der Waals surface area contributed by atoms with Crippen LogP contribution in [0.4, 0.5) is 5.82 Å². The summed E-state index contributed by atoms with van der Waals surface area (Å²) >= 11 is 0. The summed E-state index contributed by atoms with van der Waals surface area (Å²) in [6, 6.07) is 6.38. The van der Waals surface area contributed by atoms with E-state index < -0.39 is 4.92 Å². The zero-order chi connectivity index (χ0) is 10.8. The molecule has 0 fully saturated rings. The fourth-order valence-corrected chi connectivity index (χ4v) is 1.20. The van der Waals surface area contributed by atoms with Crippen LogP contribution in [0.5, 0.6) is 5.75 Å². The third-order valence-corrected chi connectivity index (χ3v) is 1.88. The molecule has 0 unspecified atom stereocenters. The minimum absolute atomic E-state index is 0.101. The number of benzene rings is 1. The average Bonchev–Trinajstić information content (AvgIpc) is 2.66. The van der Waals surface area contributed by atoms with Gasteiger partial charge in [-0.05, 0) is 22.0 Å². The van der Waals surface area contributed by atoms with Gasteiger partial charge in [0.2, 0.25) is 6.33 Å². The summed E-state index contributed by atoms with van der Waals surface area (Å²) in [6.45, 7) is 0. The maximum atomic E-state index is 10.4. The lowest BCUT2D eigenvalue weighted by Crippen LogP contribution is -1.89. The molecule has 0 saturated carbocycles. The van der Waals surface area contributed by atoms with Crippen LogP contribution in [0.25, 0.3) is 5.69 Å². The zero-order valence-corrected chi connectivity index (χ0v) is 7.57. The van der Waals surface area contributed by atoms with Gasteiger partial charge in [-0.3, -0.25) is 4.57 Å². The molecule has 1 aromatic carbocycles. The van der Waals surface area contributed by atoms with E-state index in [1.165, 1.54) is 29.2 Å². The molecule has 0 spiro atoms. The summed E-state index contributed by atoms with van der Waals surface area (Å²) in [5.41, 5.74) is 0.621. The van der Waals surface area contributed by atoms with E-state index in [4.69, 9.17) is 0 Å². The van der Waals surface area contributed by atoms with Gasteiger partial charge in [0.25, 0.3) is 0 Å². The van der Waals surface area contributed by atoms with Gasteiger partial charge in [0, 0.05) is 6.07 Å². The molecule has 0 atom stereocenters. The Balaban J connectivity index is 2.41. The number of nitro groups is 1. The lowest BCUT2D eigenvalue weighted by molar-refractivity contribution is -0.389. The maximum Gasteiger partial charge on any atom is 0.381 e. The van der Waals surface area contributed by atoms with Crippen molar-refractivity contribution >= 4 is 5.82 Å². The Kier molecular flexibility index (Phi) is 2.09. The largest absolute Gasteiger partial charge is 0.508 e. The number of aromatic nitrogens is 2. The standard InChI is InChI=1S/C9H7N3O3/c13-8-3-1-2-7(4-8)11-5-9(10-6-11)12(14)15/h1-6,13H. The average molecular weight is 205 g/mol. The van der Waals surface area contributed by atoms with Gasteiger partial charge in [0.05, 0.1) is 5.69 Å². The molecule has 0 bridgehead atoms. The van der Waals surface area contributed by atoms with Crippen molar-refractivity contribution in [1.82, 2.24) is 9.55 Å². The molecule has 2 aromatic rings. The second-order valence-electron chi connectivity index (χ2n) is 2.92. The molecule has 6 nitrogen and oxygen atoms in total. The van der Waals surface area contributed by atoms with Gasteiger partial charge in [0.15, 0.2) is 0 Å². The molecule has 0 aliphatic rings. The smallest absolute Gasteiger partial charge is 0.381 e. The van der Waals surface area contributed by atoms with E-state index in [0.717, 1.165) is 0 Å². The molecular weight excluding hydrogens is 198 g/mol. The third-order valence-electron chi connectivity index (χ3n) is 1.88. The number of aromatic hydroxyl groups is 1. The lowest BCUT2D eigenvalue weighted by Gasteiger charge is -1.99. The Morgan fingerprint density at radius 1 is 1.47 bits per heavy atom. The van der Waals surface area contributed by atoms with E-state index >= 15 is 0 Å². The van der Waals surface area contributed by atoms with Crippen molar-refractivity contribution < 1.29 is 10.0 Å². The number of hydrogen-bond donors (Lipinski definition) is 1. The van der Waals surface area contributed by atoms with Crippen LogP contribution in [-0.4, -0.2) is 19.6 Å². The highest BCUT2D eigenvalue weighted by Crippen LogP contribution is 2.17. The van der Waals surface area contributed by atoms with Crippen LogP contribution in [0.1, 0.15) is 0 Å². The van der Waals surface area contributed by atoms with Gasteiger partial charge in [-0.25, -0.2) is 0 Å². The van der Waals surface area contributed by atoms with Crippen molar-refractivity contribution in [2.24, 2.45) is 0 Å². The Hall–Kier alpha value is -2.37. The van der Waals surface area contributed by atoms with E-state index in [1.54, 1.807) is 12.1 Å². The van der Waals surface area contributed by atoms with Gasteiger partial charge in [-0.15, -0.1) is 0 Å². The normalized spacial score (nSPS) is 10.1. The predicted molar refractivity (Wildman–Crippen MR) is 51.9 cm³/mol. The van der Waals surface area contributed by atoms with E-state index in [2.05, 4.69) is 4.98 Å². The van der Waals surface area contributed by atoms with Gasteiger partial charge in [-0.1, -0.05) is 6.07 Å². The van der Waals surface area contributed by atoms with E-state index in [9.17, 15) is 15.2 Å². The number of imidazole rings is 1. The third kappa shape index (κ3) is 1.78. The van der Waals surface area contributed by atoms with Crippen LogP contribution < -0.4 is 0 Å². The highest BCUT2D eigenvalue weighted by atomic mass is 16.6. The highest BCUT2D eigenvalue weighted by molar-refractivity contribution is 5.39. The molecule has 0 saturated heterocycles. The summed E-state index contributed by atoms with van der Waals surface area (Å²) < 4.78 is 1.47. The van der Waals surface area contributed by atoms with Crippen LogP contribution in [0.2, 0.25) is 0 Å². The molecule has 1 N–H and O–H groups in total. The van der Waals surface area contributed by atoms with Crippen molar-refractivity contribution in [1.29, 1.82) is 0 Å². The van der Waals surface area contributed by atoms with Crippen LogP contribution in [0.15, 0.2) is 36.8 Å². The lowest BCUT2D eigenvalue weighted by atomic mass is 10.3. The van der Waals surface area contributed by atoms with Gasteiger partial charge >= 0.3 is 5.82 Å². The summed E-state index contributed by atoms with van der Waals surface area (Å²) in [5, 5.41) is 19.6. The van der Waals surface area contributed by atoms with E-state index in [-0.39, 0.29) is 11.6 Å². The first-order valence-electron chi connectivity index (χ1n) is 4.14. The minimum Gasteiger partial charge on any atom is -0.508 e. The molecule has 15 heavy (non-hydrogen) atoms. The summed E-state index contributed by atoms with van der Waals surface area (Å²) in [4.78, 5) is 13.4.